The summed E-state index contributed by atoms with van der Waals surface area (Å²) in [4.78, 5) is 10.0. The lowest BCUT2D eigenvalue weighted by Crippen LogP contribution is -2.43. The van der Waals surface area contributed by atoms with E-state index in [9.17, 15) is 0 Å². The van der Waals surface area contributed by atoms with Gasteiger partial charge in [0.15, 0.2) is 0 Å². The lowest BCUT2D eigenvalue weighted by Gasteiger charge is -2.44. The van der Waals surface area contributed by atoms with Crippen LogP contribution in [0.2, 0.25) is 0 Å². The van der Waals surface area contributed by atoms with Crippen molar-refractivity contribution in [2.45, 2.75) is 78.7 Å². The highest BCUT2D eigenvalue weighted by molar-refractivity contribution is 5.70. The molecule has 4 aliphatic carbocycles. The van der Waals surface area contributed by atoms with E-state index in [4.69, 9.17) is 0 Å². The molecule has 4 nitrogen and oxygen atoms in total. The lowest BCUT2D eigenvalue weighted by molar-refractivity contribution is 0.422. The molecular formula is C59H60N4. The maximum Gasteiger partial charge on any atom is 0.0644 e. The molecule has 5 aromatic rings. The Balaban J connectivity index is 1.12. The van der Waals surface area contributed by atoms with Crippen LogP contribution in [-0.2, 0) is 0 Å². The highest BCUT2D eigenvalue weighted by Gasteiger charge is 2.35. The fourth-order valence-corrected chi connectivity index (χ4v) is 9.58. The molecule has 0 bridgehead atoms. The van der Waals surface area contributed by atoms with Crippen molar-refractivity contribution >= 4 is 28.4 Å². The summed E-state index contributed by atoms with van der Waals surface area (Å²) in [6.45, 7) is 11.3. The Kier molecular flexibility index (Phi) is 12.1. The molecule has 316 valence electrons. The van der Waals surface area contributed by atoms with Crippen LogP contribution >= 0.6 is 0 Å². The lowest BCUT2D eigenvalue weighted by atomic mass is 9.87. The van der Waals surface area contributed by atoms with Gasteiger partial charge < -0.3 is 19.6 Å². The molecule has 0 heterocycles. The number of nitrogens with zero attached hydrogens (tertiary/aromatic N) is 4. The summed E-state index contributed by atoms with van der Waals surface area (Å²) in [7, 11) is 0. The van der Waals surface area contributed by atoms with E-state index >= 15 is 0 Å². The van der Waals surface area contributed by atoms with Crippen LogP contribution in [0, 0.1) is 19.8 Å². The summed E-state index contributed by atoms with van der Waals surface area (Å²) in [6, 6.07) is 50.5. The molecule has 0 aromatic heterocycles. The minimum absolute atomic E-state index is 0.272. The number of benzene rings is 5. The van der Waals surface area contributed by atoms with Crippen molar-refractivity contribution in [3.63, 3.8) is 0 Å². The maximum atomic E-state index is 2.59. The molecule has 0 saturated carbocycles. The van der Waals surface area contributed by atoms with E-state index in [1.807, 2.05) is 0 Å². The van der Waals surface area contributed by atoms with Crippen molar-refractivity contribution < 1.29 is 0 Å². The van der Waals surface area contributed by atoms with Gasteiger partial charge in [-0.05, 0) is 163 Å². The molecule has 2 unspecified atom stereocenters. The number of hydrogen-bond donors (Lipinski definition) is 0. The number of hydrogen-bond acceptors (Lipinski definition) is 4. The average Bonchev–Trinajstić information content (AvgIpc) is 3.31. The smallest absolute Gasteiger partial charge is 0.0644 e. The van der Waals surface area contributed by atoms with Crippen molar-refractivity contribution in [1.29, 1.82) is 0 Å². The van der Waals surface area contributed by atoms with Gasteiger partial charge in [-0.3, -0.25) is 0 Å². The van der Waals surface area contributed by atoms with Gasteiger partial charge in [0.2, 0.25) is 0 Å². The summed E-state index contributed by atoms with van der Waals surface area (Å²) >= 11 is 0. The molecule has 0 radical (unpaired) electrons. The zero-order valence-corrected chi connectivity index (χ0v) is 37.6. The van der Waals surface area contributed by atoms with E-state index in [2.05, 4.69) is 248 Å². The summed E-state index contributed by atoms with van der Waals surface area (Å²) in [5.41, 5.74) is 17.5. The monoisotopic (exact) mass is 824 g/mol. The Morgan fingerprint density at radius 2 is 0.921 bits per heavy atom. The molecule has 0 amide bonds. The van der Waals surface area contributed by atoms with Gasteiger partial charge in [-0.15, -0.1) is 0 Å². The molecule has 0 aliphatic heterocycles. The number of aryl methyl sites for hydroxylation is 2. The largest absolute Gasteiger partial charge is 0.332 e. The van der Waals surface area contributed by atoms with Crippen molar-refractivity contribution in [1.82, 2.24) is 4.90 Å². The van der Waals surface area contributed by atoms with Crippen LogP contribution in [0.3, 0.4) is 0 Å². The van der Waals surface area contributed by atoms with Crippen molar-refractivity contribution in [2.24, 2.45) is 5.92 Å². The first kappa shape index (κ1) is 41.6. The number of rotatable bonds is 12. The molecule has 0 N–H and O–H groups in total. The van der Waals surface area contributed by atoms with E-state index < -0.39 is 0 Å². The first-order chi connectivity index (χ1) is 30.7. The van der Waals surface area contributed by atoms with E-state index in [0.717, 1.165) is 38.5 Å². The van der Waals surface area contributed by atoms with Crippen LogP contribution < -0.4 is 14.7 Å². The highest BCUT2D eigenvalue weighted by atomic mass is 15.2. The Morgan fingerprint density at radius 1 is 0.460 bits per heavy atom. The molecule has 63 heavy (non-hydrogen) atoms. The molecule has 2 atom stereocenters. The van der Waals surface area contributed by atoms with Gasteiger partial charge >= 0.3 is 0 Å². The van der Waals surface area contributed by atoms with Crippen molar-refractivity contribution in [2.75, 3.05) is 14.7 Å². The molecule has 9 rings (SSSR count). The molecule has 0 spiro atoms. The Bertz CT molecular complexity index is 2660. The standard InChI is InChI=1S/C59H60N4/c1-44-21-27-50(28-22-44)60(48-15-9-6-10-16-48)52-33-35-53(36-34-52)62(54-39-41-59(5,42-40-54)63(55-19-13-8-14-20-55)56-31-25-46(3)26-32-56)58-38-37-57(43-47(58)4)61(49-17-11-7-12-18-49)51-29-23-45(2)24-30-51/h6-23,25-29,31-33,35,37-41,47H,24,30,34,36,42-43H2,1-5H3. The zero-order valence-electron chi connectivity index (χ0n) is 37.6. The van der Waals surface area contributed by atoms with E-state index in [1.54, 1.807) is 0 Å². The summed E-state index contributed by atoms with van der Waals surface area (Å²) in [5, 5.41) is 0. The Morgan fingerprint density at radius 3 is 1.44 bits per heavy atom. The van der Waals surface area contributed by atoms with Crippen LogP contribution in [0.4, 0.5) is 28.4 Å². The van der Waals surface area contributed by atoms with Gasteiger partial charge in [0.05, 0.1) is 5.54 Å². The second kappa shape index (κ2) is 18.3. The summed E-state index contributed by atoms with van der Waals surface area (Å²) < 4.78 is 0. The second-order valence-corrected chi connectivity index (χ2v) is 17.9. The molecule has 4 heteroatoms. The van der Waals surface area contributed by atoms with Crippen LogP contribution in [0.1, 0.15) is 70.4 Å². The molecular weight excluding hydrogens is 765 g/mol. The predicted molar refractivity (Wildman–Crippen MR) is 267 cm³/mol. The minimum Gasteiger partial charge on any atom is -0.332 e. The third-order valence-corrected chi connectivity index (χ3v) is 13.0. The number of para-hydroxylation sites is 3. The van der Waals surface area contributed by atoms with Gasteiger partial charge in [-0.25, -0.2) is 0 Å². The van der Waals surface area contributed by atoms with Gasteiger partial charge in [-0.2, -0.15) is 0 Å². The fraction of sp³-hybridized carbons (Fsp3) is 0.220. The van der Waals surface area contributed by atoms with Gasteiger partial charge in [0, 0.05) is 68.5 Å². The zero-order chi connectivity index (χ0) is 43.3. The van der Waals surface area contributed by atoms with Crippen LogP contribution in [0.25, 0.3) is 0 Å². The highest BCUT2D eigenvalue weighted by Crippen LogP contribution is 2.44. The average molecular weight is 825 g/mol. The molecule has 0 fully saturated rings. The normalized spacial score (nSPS) is 19.6. The molecule has 5 aromatic carbocycles. The quantitative estimate of drug-likeness (QED) is 0.124. The second-order valence-electron chi connectivity index (χ2n) is 17.9. The molecule has 4 aliphatic rings. The van der Waals surface area contributed by atoms with E-state index in [-0.39, 0.29) is 11.5 Å². The summed E-state index contributed by atoms with van der Waals surface area (Å²) in [6.07, 6.45) is 27.3. The first-order valence-electron chi connectivity index (χ1n) is 22.8. The fourth-order valence-electron chi connectivity index (χ4n) is 9.58. The summed E-state index contributed by atoms with van der Waals surface area (Å²) in [5.74, 6) is 0.272. The van der Waals surface area contributed by atoms with Gasteiger partial charge in [0.25, 0.3) is 0 Å². The van der Waals surface area contributed by atoms with Crippen LogP contribution in [-0.4, -0.2) is 10.4 Å². The Labute approximate surface area is 376 Å². The minimum atomic E-state index is -0.277. The number of allylic oxidation sites excluding steroid dienone is 13. The van der Waals surface area contributed by atoms with E-state index in [1.165, 1.54) is 79.3 Å². The van der Waals surface area contributed by atoms with Crippen LogP contribution in [0.5, 0.6) is 0 Å². The topological polar surface area (TPSA) is 13.0 Å². The predicted octanol–water partition coefficient (Wildman–Crippen LogP) is 15.7. The van der Waals surface area contributed by atoms with E-state index in [0.29, 0.717) is 0 Å². The molecule has 0 saturated heterocycles. The van der Waals surface area contributed by atoms with Crippen molar-refractivity contribution in [3.05, 3.63) is 245 Å². The van der Waals surface area contributed by atoms with Crippen LogP contribution in [0.15, 0.2) is 234 Å². The van der Waals surface area contributed by atoms with Crippen molar-refractivity contribution in [3.8, 4) is 0 Å². The Hall–Kier alpha value is -6.78. The maximum absolute atomic E-state index is 2.59. The number of anilines is 5. The SMILES string of the molecule is CC1=CC=C(N(C2=CC=C(N(C3=CCC(C)(N(c4ccccc4)c4ccc(C)cc4)C=C3)C3=CC=C(N(c4ccccc4)c4ccc(C)cc4)CC3)C(C)C2)c2ccccc2)CC1. The first-order valence-corrected chi connectivity index (χ1v) is 22.8. The van der Waals surface area contributed by atoms with Gasteiger partial charge in [-0.1, -0.05) is 121 Å². The third-order valence-electron chi connectivity index (χ3n) is 13.0. The third kappa shape index (κ3) is 8.95. The van der Waals surface area contributed by atoms with Gasteiger partial charge in [0.1, 0.15) is 0 Å².